The monoisotopic (exact) mass is 506 g/mol. The Morgan fingerprint density at radius 2 is 1.97 bits per heavy atom. The Kier molecular flexibility index (Phi) is 6.86. The van der Waals surface area contributed by atoms with E-state index in [4.69, 9.17) is 4.98 Å². The number of hydrogen-bond acceptors (Lipinski definition) is 7. The molecule has 0 spiro atoms. The summed E-state index contributed by atoms with van der Waals surface area (Å²) < 4.78 is 1.74. The van der Waals surface area contributed by atoms with Gasteiger partial charge in [0.05, 0.1) is 16.8 Å². The highest BCUT2D eigenvalue weighted by atomic mass is 32.1. The van der Waals surface area contributed by atoms with Crippen molar-refractivity contribution in [2.45, 2.75) is 58.4 Å². The molecule has 0 unspecified atom stereocenters. The minimum Gasteiger partial charge on any atom is -0.367 e. The number of rotatable bonds is 8. The normalized spacial score (nSPS) is 15.9. The number of hydrogen-bond donors (Lipinski definition) is 2. The summed E-state index contributed by atoms with van der Waals surface area (Å²) in [5.74, 6) is 0.177. The molecule has 3 aromatic rings. The maximum Gasteiger partial charge on any atom is 0.263 e. The van der Waals surface area contributed by atoms with Gasteiger partial charge in [0, 0.05) is 53.7 Å². The average Bonchev–Trinajstić information content (AvgIpc) is 3.27. The lowest BCUT2D eigenvalue weighted by atomic mass is 10.1. The molecule has 2 fully saturated rings. The van der Waals surface area contributed by atoms with Crippen LogP contribution in [0.25, 0.3) is 23.0 Å². The van der Waals surface area contributed by atoms with Crippen LogP contribution in [-0.2, 0) is 9.59 Å². The first-order valence-electron chi connectivity index (χ1n) is 12.5. The fourth-order valence-electron chi connectivity index (χ4n) is 4.24. The van der Waals surface area contributed by atoms with Gasteiger partial charge in [-0.3, -0.25) is 19.7 Å². The minimum atomic E-state index is -0.428. The zero-order valence-corrected chi connectivity index (χ0v) is 21.4. The second-order valence-electron chi connectivity index (χ2n) is 9.43. The van der Waals surface area contributed by atoms with Crippen LogP contribution in [0.1, 0.15) is 67.6 Å². The van der Waals surface area contributed by atoms with E-state index in [2.05, 4.69) is 15.7 Å². The fraction of sp³-hybridized carbons (Fsp3) is 0.423. The standard InChI is InChI=1S/C26H30N6O3S/c1-3-6-23(33)30-25(34)16(2)11-17-14-27-32-22(28-19-7-8-19)13-20(29-24(17)32)18-12-21(36-15-18)26(35)31-9-4-5-10-31/h11-15,19,28H,3-10H2,1-2H3,(H,30,33,34)/b16-11+. The van der Waals surface area contributed by atoms with Crippen LogP contribution >= 0.6 is 11.3 Å². The van der Waals surface area contributed by atoms with Gasteiger partial charge in [0.25, 0.3) is 11.8 Å². The van der Waals surface area contributed by atoms with Crippen molar-refractivity contribution in [2.75, 3.05) is 18.4 Å². The molecular weight excluding hydrogens is 476 g/mol. The van der Waals surface area contributed by atoms with Crippen molar-refractivity contribution in [3.63, 3.8) is 0 Å². The second kappa shape index (κ2) is 10.2. The first-order chi connectivity index (χ1) is 17.4. The summed E-state index contributed by atoms with van der Waals surface area (Å²) in [6, 6.07) is 4.27. The lowest BCUT2D eigenvalue weighted by Gasteiger charge is -2.13. The van der Waals surface area contributed by atoms with E-state index < -0.39 is 5.91 Å². The molecular formula is C26H30N6O3S. The summed E-state index contributed by atoms with van der Waals surface area (Å²) in [4.78, 5) is 44.7. The molecule has 5 rings (SSSR count). The third-order valence-corrected chi connectivity index (χ3v) is 7.31. The molecule has 0 bridgehead atoms. The number of aromatic nitrogens is 3. The van der Waals surface area contributed by atoms with Crippen LogP contribution in [0.2, 0.25) is 0 Å². The summed E-state index contributed by atoms with van der Waals surface area (Å²) >= 11 is 1.44. The van der Waals surface area contributed by atoms with Crippen LogP contribution in [0, 0.1) is 0 Å². The highest BCUT2D eigenvalue weighted by molar-refractivity contribution is 7.12. The van der Waals surface area contributed by atoms with Gasteiger partial charge in [-0.15, -0.1) is 11.3 Å². The number of thiophene rings is 1. The van der Waals surface area contributed by atoms with Gasteiger partial charge in [-0.1, -0.05) is 6.92 Å². The number of nitrogens with zero attached hydrogens (tertiary/aromatic N) is 4. The number of fused-ring (bicyclic) bond motifs is 1. The number of carbonyl (C=O) groups is 3. The van der Waals surface area contributed by atoms with E-state index in [0.717, 1.165) is 55.8 Å². The van der Waals surface area contributed by atoms with Crippen molar-refractivity contribution in [1.82, 2.24) is 24.8 Å². The van der Waals surface area contributed by atoms with Crippen molar-refractivity contribution < 1.29 is 14.4 Å². The summed E-state index contributed by atoms with van der Waals surface area (Å²) in [6.07, 6.45) is 8.67. The Morgan fingerprint density at radius 1 is 1.19 bits per heavy atom. The SMILES string of the molecule is CCCC(=O)NC(=O)/C(C)=C/c1cnn2c(NC3CC3)cc(-c3csc(C(=O)N4CCCC4)c3)nc12. The Balaban J connectivity index is 1.48. The van der Waals surface area contributed by atoms with Crippen LogP contribution < -0.4 is 10.6 Å². The van der Waals surface area contributed by atoms with Gasteiger partial charge in [0.1, 0.15) is 5.82 Å². The van der Waals surface area contributed by atoms with Crippen LogP contribution in [0.4, 0.5) is 5.82 Å². The molecule has 3 aromatic heterocycles. The minimum absolute atomic E-state index is 0.0772. The predicted octanol–water partition coefficient (Wildman–Crippen LogP) is 4.11. The molecule has 1 saturated carbocycles. The largest absolute Gasteiger partial charge is 0.367 e. The first-order valence-corrected chi connectivity index (χ1v) is 13.4. The van der Waals surface area contributed by atoms with Crippen LogP contribution in [0.5, 0.6) is 0 Å². The maximum absolute atomic E-state index is 12.9. The number of amides is 3. The van der Waals surface area contributed by atoms with Gasteiger partial charge in [0.15, 0.2) is 5.65 Å². The number of imide groups is 1. The van der Waals surface area contributed by atoms with E-state index in [9.17, 15) is 14.4 Å². The summed E-state index contributed by atoms with van der Waals surface area (Å²) in [5.41, 5.74) is 3.28. The highest BCUT2D eigenvalue weighted by Crippen LogP contribution is 2.31. The zero-order valence-electron chi connectivity index (χ0n) is 20.5. The smallest absolute Gasteiger partial charge is 0.263 e. The van der Waals surface area contributed by atoms with E-state index in [0.29, 0.717) is 40.5 Å². The van der Waals surface area contributed by atoms with Crippen LogP contribution in [0.15, 0.2) is 29.3 Å². The lowest BCUT2D eigenvalue weighted by Crippen LogP contribution is -2.30. The molecule has 3 amide bonds. The molecule has 4 heterocycles. The average molecular weight is 507 g/mol. The molecule has 1 aliphatic heterocycles. The summed E-state index contributed by atoms with van der Waals surface area (Å²) in [7, 11) is 0. The molecule has 188 valence electrons. The van der Waals surface area contributed by atoms with Crippen molar-refractivity contribution >= 4 is 46.6 Å². The predicted molar refractivity (Wildman–Crippen MR) is 140 cm³/mol. The van der Waals surface area contributed by atoms with E-state index >= 15 is 0 Å². The van der Waals surface area contributed by atoms with E-state index in [-0.39, 0.29) is 11.8 Å². The van der Waals surface area contributed by atoms with Crippen molar-refractivity contribution in [2.24, 2.45) is 0 Å². The molecule has 0 aromatic carbocycles. The van der Waals surface area contributed by atoms with Gasteiger partial charge >= 0.3 is 0 Å². The molecule has 2 aliphatic rings. The fourth-order valence-corrected chi connectivity index (χ4v) is 5.11. The van der Waals surface area contributed by atoms with Crippen molar-refractivity contribution in [3.05, 3.63) is 39.7 Å². The van der Waals surface area contributed by atoms with Crippen molar-refractivity contribution in [3.8, 4) is 11.3 Å². The van der Waals surface area contributed by atoms with Crippen LogP contribution in [-0.4, -0.2) is 56.4 Å². The number of anilines is 1. The molecule has 2 N–H and O–H groups in total. The highest BCUT2D eigenvalue weighted by Gasteiger charge is 2.25. The molecule has 1 saturated heterocycles. The number of carbonyl (C=O) groups excluding carboxylic acids is 3. The number of likely N-dealkylation sites (tertiary alicyclic amines) is 1. The lowest BCUT2D eigenvalue weighted by molar-refractivity contribution is -0.128. The molecule has 36 heavy (non-hydrogen) atoms. The molecule has 0 atom stereocenters. The van der Waals surface area contributed by atoms with Gasteiger partial charge in [-0.2, -0.15) is 9.61 Å². The van der Waals surface area contributed by atoms with Gasteiger partial charge in [-0.25, -0.2) is 4.98 Å². The van der Waals surface area contributed by atoms with Gasteiger partial charge in [0.2, 0.25) is 5.91 Å². The number of nitrogens with one attached hydrogen (secondary N) is 2. The van der Waals surface area contributed by atoms with E-state index in [1.165, 1.54) is 11.3 Å². The summed E-state index contributed by atoms with van der Waals surface area (Å²) in [6.45, 7) is 5.18. The Bertz CT molecular complexity index is 1350. The topological polar surface area (TPSA) is 109 Å². The third-order valence-electron chi connectivity index (χ3n) is 6.39. The third kappa shape index (κ3) is 5.18. The Morgan fingerprint density at radius 3 is 2.69 bits per heavy atom. The van der Waals surface area contributed by atoms with Gasteiger partial charge in [-0.05, 0) is 51.2 Å². The Labute approximate surface area is 213 Å². The second-order valence-corrected chi connectivity index (χ2v) is 10.3. The quantitative estimate of drug-likeness (QED) is 0.445. The maximum atomic E-state index is 12.9. The first kappa shape index (κ1) is 24.2. The van der Waals surface area contributed by atoms with Gasteiger partial charge < -0.3 is 10.2 Å². The zero-order chi connectivity index (χ0) is 25.2. The molecule has 9 nitrogen and oxygen atoms in total. The molecule has 1 aliphatic carbocycles. The molecule has 0 radical (unpaired) electrons. The summed E-state index contributed by atoms with van der Waals surface area (Å²) in [5, 5.41) is 12.4. The molecule has 10 heteroatoms. The Hall–Kier alpha value is -3.53. The van der Waals surface area contributed by atoms with E-state index in [1.54, 1.807) is 23.7 Å². The van der Waals surface area contributed by atoms with E-state index in [1.807, 2.05) is 29.3 Å². The van der Waals surface area contributed by atoms with Crippen LogP contribution in [0.3, 0.4) is 0 Å². The van der Waals surface area contributed by atoms with Crippen molar-refractivity contribution in [1.29, 1.82) is 0 Å².